The van der Waals surface area contributed by atoms with E-state index in [1.54, 1.807) is 12.1 Å². The van der Waals surface area contributed by atoms with Gasteiger partial charge in [0.1, 0.15) is 11.4 Å². The Morgan fingerprint density at radius 1 is 1.35 bits per heavy atom. The highest BCUT2D eigenvalue weighted by atomic mass is 19.1. The molecule has 1 aromatic rings. The number of nitrogens with one attached hydrogen (secondary N) is 1. The SMILES string of the molecule is CCCC1CCC(Nc2ccc(F)cc2)(C(=O)O)CC1. The molecule has 0 heterocycles. The van der Waals surface area contributed by atoms with Crippen molar-refractivity contribution in [2.24, 2.45) is 5.92 Å². The van der Waals surface area contributed by atoms with E-state index in [0.717, 1.165) is 19.3 Å². The molecular weight excluding hydrogens is 257 g/mol. The van der Waals surface area contributed by atoms with E-state index >= 15 is 0 Å². The van der Waals surface area contributed by atoms with Crippen LogP contribution in [0.3, 0.4) is 0 Å². The van der Waals surface area contributed by atoms with E-state index in [0.29, 0.717) is 24.4 Å². The third kappa shape index (κ3) is 3.30. The van der Waals surface area contributed by atoms with E-state index in [1.165, 1.54) is 18.6 Å². The molecule has 0 spiro atoms. The van der Waals surface area contributed by atoms with Crippen molar-refractivity contribution >= 4 is 11.7 Å². The van der Waals surface area contributed by atoms with E-state index < -0.39 is 11.5 Å². The molecule has 1 fully saturated rings. The van der Waals surface area contributed by atoms with Gasteiger partial charge in [0, 0.05) is 5.69 Å². The first-order valence-electron chi connectivity index (χ1n) is 7.33. The van der Waals surface area contributed by atoms with E-state index in [9.17, 15) is 14.3 Å². The minimum atomic E-state index is -0.901. The van der Waals surface area contributed by atoms with Gasteiger partial charge in [-0.2, -0.15) is 0 Å². The number of anilines is 1. The highest BCUT2D eigenvalue weighted by molar-refractivity contribution is 5.83. The second kappa shape index (κ2) is 6.25. The molecule has 0 bridgehead atoms. The van der Waals surface area contributed by atoms with Crippen LogP contribution in [0.5, 0.6) is 0 Å². The maximum Gasteiger partial charge on any atom is 0.329 e. The third-order valence-corrected chi connectivity index (χ3v) is 4.29. The van der Waals surface area contributed by atoms with Crippen LogP contribution >= 0.6 is 0 Å². The molecule has 1 saturated carbocycles. The Morgan fingerprint density at radius 3 is 2.45 bits per heavy atom. The van der Waals surface area contributed by atoms with Crippen LogP contribution < -0.4 is 5.32 Å². The summed E-state index contributed by atoms with van der Waals surface area (Å²) in [5, 5.41) is 12.7. The van der Waals surface area contributed by atoms with Gasteiger partial charge in [-0.3, -0.25) is 0 Å². The average molecular weight is 279 g/mol. The van der Waals surface area contributed by atoms with Crippen LogP contribution in [0.15, 0.2) is 24.3 Å². The lowest BCUT2D eigenvalue weighted by atomic mass is 9.75. The number of hydrogen-bond donors (Lipinski definition) is 2. The molecule has 0 aliphatic heterocycles. The van der Waals surface area contributed by atoms with Crippen LogP contribution in [0.25, 0.3) is 0 Å². The first-order valence-corrected chi connectivity index (χ1v) is 7.33. The van der Waals surface area contributed by atoms with Crippen molar-refractivity contribution in [3.8, 4) is 0 Å². The molecule has 110 valence electrons. The van der Waals surface area contributed by atoms with E-state index in [1.807, 2.05) is 0 Å². The fraction of sp³-hybridized carbons (Fsp3) is 0.562. The van der Waals surface area contributed by atoms with Crippen LogP contribution in [0, 0.1) is 11.7 Å². The quantitative estimate of drug-likeness (QED) is 0.854. The summed E-state index contributed by atoms with van der Waals surface area (Å²) in [6.07, 6.45) is 5.46. The zero-order chi connectivity index (χ0) is 14.6. The van der Waals surface area contributed by atoms with Crippen LogP contribution in [0.4, 0.5) is 10.1 Å². The molecule has 0 aromatic heterocycles. The molecule has 1 aliphatic rings. The highest BCUT2D eigenvalue weighted by Gasteiger charge is 2.41. The van der Waals surface area contributed by atoms with Gasteiger partial charge in [0.05, 0.1) is 0 Å². The zero-order valence-corrected chi connectivity index (χ0v) is 11.9. The van der Waals surface area contributed by atoms with Gasteiger partial charge in [-0.1, -0.05) is 19.8 Å². The Labute approximate surface area is 119 Å². The molecule has 1 aromatic carbocycles. The summed E-state index contributed by atoms with van der Waals surface area (Å²) in [4.78, 5) is 11.7. The Morgan fingerprint density at radius 2 is 1.95 bits per heavy atom. The van der Waals surface area contributed by atoms with E-state index in [4.69, 9.17) is 0 Å². The number of carboxylic acid groups (broad SMARTS) is 1. The summed E-state index contributed by atoms with van der Waals surface area (Å²) < 4.78 is 12.9. The number of carbonyl (C=O) groups is 1. The molecule has 0 radical (unpaired) electrons. The van der Waals surface area contributed by atoms with Gasteiger partial charge in [-0.25, -0.2) is 9.18 Å². The summed E-state index contributed by atoms with van der Waals surface area (Å²) >= 11 is 0. The molecule has 0 unspecified atom stereocenters. The molecule has 1 aliphatic carbocycles. The topological polar surface area (TPSA) is 49.3 Å². The fourth-order valence-corrected chi connectivity index (χ4v) is 3.07. The van der Waals surface area contributed by atoms with E-state index in [-0.39, 0.29) is 5.82 Å². The maximum absolute atomic E-state index is 12.9. The van der Waals surface area contributed by atoms with Gasteiger partial charge >= 0.3 is 5.97 Å². The lowest BCUT2D eigenvalue weighted by molar-refractivity contribution is -0.143. The standard InChI is InChI=1S/C16H22FNO2/c1-2-3-12-8-10-16(11-9-12,15(19)20)18-14-6-4-13(17)5-7-14/h4-7,12,18H,2-3,8-11H2,1H3,(H,19,20). The molecular formula is C16H22FNO2. The van der Waals surface area contributed by atoms with Crippen LogP contribution in [-0.2, 0) is 4.79 Å². The molecule has 2 N–H and O–H groups in total. The Kier molecular flexibility index (Phi) is 4.63. The largest absolute Gasteiger partial charge is 0.480 e. The van der Waals surface area contributed by atoms with Gasteiger partial charge in [-0.05, 0) is 55.9 Å². The van der Waals surface area contributed by atoms with Gasteiger partial charge in [0.15, 0.2) is 0 Å². The number of carboxylic acids is 1. The summed E-state index contributed by atoms with van der Waals surface area (Å²) in [5.74, 6) is -0.481. The van der Waals surface area contributed by atoms with Crippen molar-refractivity contribution in [1.29, 1.82) is 0 Å². The van der Waals surface area contributed by atoms with Crippen molar-refractivity contribution in [3.05, 3.63) is 30.1 Å². The molecule has 0 atom stereocenters. The Balaban J connectivity index is 2.08. The predicted molar refractivity (Wildman–Crippen MR) is 77.3 cm³/mol. The van der Waals surface area contributed by atoms with Gasteiger partial charge in [0.2, 0.25) is 0 Å². The zero-order valence-electron chi connectivity index (χ0n) is 11.9. The second-order valence-corrected chi connectivity index (χ2v) is 5.75. The molecule has 0 amide bonds. The summed E-state index contributed by atoms with van der Waals surface area (Å²) in [5.41, 5.74) is -0.232. The van der Waals surface area contributed by atoms with Crippen molar-refractivity contribution < 1.29 is 14.3 Å². The van der Waals surface area contributed by atoms with Crippen molar-refractivity contribution in [2.45, 2.75) is 51.0 Å². The molecule has 2 rings (SSSR count). The minimum absolute atomic E-state index is 0.313. The van der Waals surface area contributed by atoms with Gasteiger partial charge < -0.3 is 10.4 Å². The first-order chi connectivity index (χ1) is 9.55. The molecule has 20 heavy (non-hydrogen) atoms. The monoisotopic (exact) mass is 279 g/mol. The second-order valence-electron chi connectivity index (χ2n) is 5.75. The summed E-state index contributed by atoms with van der Waals surface area (Å²) in [7, 11) is 0. The number of halogens is 1. The predicted octanol–water partition coefficient (Wildman–Crippen LogP) is 4.05. The van der Waals surface area contributed by atoms with E-state index in [2.05, 4.69) is 12.2 Å². The van der Waals surface area contributed by atoms with Crippen LogP contribution in [-0.4, -0.2) is 16.6 Å². The summed E-state index contributed by atoms with van der Waals surface area (Å²) in [6.45, 7) is 2.16. The molecule has 3 nitrogen and oxygen atoms in total. The average Bonchev–Trinajstić information content (AvgIpc) is 2.44. The summed E-state index contributed by atoms with van der Waals surface area (Å²) in [6, 6.07) is 5.89. The lowest BCUT2D eigenvalue weighted by Crippen LogP contribution is -2.49. The van der Waals surface area contributed by atoms with Crippen molar-refractivity contribution in [3.63, 3.8) is 0 Å². The maximum atomic E-state index is 12.9. The van der Waals surface area contributed by atoms with Crippen molar-refractivity contribution in [1.82, 2.24) is 0 Å². The van der Waals surface area contributed by atoms with Gasteiger partial charge in [-0.15, -0.1) is 0 Å². The fourth-order valence-electron chi connectivity index (χ4n) is 3.07. The number of aliphatic carboxylic acids is 1. The number of benzene rings is 1. The molecule has 0 saturated heterocycles. The van der Waals surface area contributed by atoms with Gasteiger partial charge in [0.25, 0.3) is 0 Å². The lowest BCUT2D eigenvalue weighted by Gasteiger charge is -2.38. The minimum Gasteiger partial charge on any atom is -0.480 e. The Bertz CT molecular complexity index is 450. The number of rotatable bonds is 5. The number of hydrogen-bond acceptors (Lipinski definition) is 2. The molecule has 4 heteroatoms. The first kappa shape index (κ1) is 14.8. The smallest absolute Gasteiger partial charge is 0.329 e. The normalized spacial score (nSPS) is 26.2. The van der Waals surface area contributed by atoms with Crippen LogP contribution in [0.2, 0.25) is 0 Å². The van der Waals surface area contributed by atoms with Crippen molar-refractivity contribution in [2.75, 3.05) is 5.32 Å². The third-order valence-electron chi connectivity index (χ3n) is 4.29. The highest BCUT2D eigenvalue weighted by Crippen LogP contribution is 2.37. The Hall–Kier alpha value is -1.58. The van der Waals surface area contributed by atoms with Crippen LogP contribution in [0.1, 0.15) is 45.4 Å².